The fraction of sp³-hybridized carbons (Fsp3) is 0.364. The van der Waals surface area contributed by atoms with Gasteiger partial charge in [-0.1, -0.05) is 6.07 Å². The first-order valence-corrected chi connectivity index (χ1v) is 5.22. The number of fused-ring (bicyclic) bond motifs is 1. The van der Waals surface area contributed by atoms with E-state index in [1.807, 2.05) is 4.90 Å². The maximum atomic E-state index is 13.4. The topological polar surface area (TPSA) is 49.5 Å². The number of halogens is 1. The van der Waals surface area contributed by atoms with Crippen LogP contribution in [0.1, 0.15) is 6.42 Å². The lowest BCUT2D eigenvalue weighted by Crippen LogP contribution is -2.21. The van der Waals surface area contributed by atoms with Crippen molar-refractivity contribution in [3.05, 3.63) is 24.0 Å². The van der Waals surface area contributed by atoms with E-state index >= 15 is 0 Å². The molecule has 3 rings (SSSR count). The van der Waals surface area contributed by atoms with Gasteiger partial charge in [0.15, 0.2) is 11.4 Å². The average Bonchev–Trinajstić information content (AvgIpc) is 2.84. The lowest BCUT2D eigenvalue weighted by atomic mass is 10.3. The summed E-state index contributed by atoms with van der Waals surface area (Å²) in [5, 5.41) is 9.41. The van der Waals surface area contributed by atoms with Gasteiger partial charge in [0.2, 0.25) is 0 Å². The Labute approximate surface area is 91.3 Å². The molecular weight excluding hydrogens is 211 g/mol. The number of aliphatic hydroxyl groups excluding tert-OH is 1. The lowest BCUT2D eigenvalue weighted by molar-refractivity contribution is 0.198. The highest BCUT2D eigenvalue weighted by Gasteiger charge is 2.24. The number of aliphatic hydroxyl groups is 1. The van der Waals surface area contributed by atoms with Crippen LogP contribution in [-0.4, -0.2) is 29.3 Å². The summed E-state index contributed by atoms with van der Waals surface area (Å²) < 4.78 is 18.8. The SMILES string of the molecule is O[C@@H]1CCN(c2nc3c(F)cccc3o2)C1. The molecule has 2 heterocycles. The molecule has 4 nitrogen and oxygen atoms in total. The van der Waals surface area contributed by atoms with Crippen LogP contribution >= 0.6 is 0 Å². The first-order chi connectivity index (χ1) is 7.74. The Morgan fingerprint density at radius 2 is 2.38 bits per heavy atom. The minimum absolute atomic E-state index is 0.249. The number of oxazole rings is 1. The van der Waals surface area contributed by atoms with Crippen LogP contribution in [-0.2, 0) is 0 Å². The first-order valence-electron chi connectivity index (χ1n) is 5.22. The van der Waals surface area contributed by atoms with Gasteiger partial charge in [0.25, 0.3) is 6.01 Å². The zero-order chi connectivity index (χ0) is 11.1. The van der Waals surface area contributed by atoms with Crippen molar-refractivity contribution in [3.63, 3.8) is 0 Å². The molecule has 1 aromatic carbocycles. The van der Waals surface area contributed by atoms with Gasteiger partial charge in [-0.2, -0.15) is 4.98 Å². The number of aromatic nitrogens is 1. The van der Waals surface area contributed by atoms with Gasteiger partial charge in [-0.15, -0.1) is 0 Å². The number of para-hydroxylation sites is 1. The number of hydrogen-bond acceptors (Lipinski definition) is 4. The zero-order valence-electron chi connectivity index (χ0n) is 8.56. The number of benzene rings is 1. The summed E-state index contributed by atoms with van der Waals surface area (Å²) in [5.74, 6) is -0.382. The van der Waals surface area contributed by atoms with E-state index in [0.717, 1.165) is 0 Å². The fourth-order valence-corrected chi connectivity index (χ4v) is 1.95. The highest BCUT2D eigenvalue weighted by molar-refractivity contribution is 5.75. The van der Waals surface area contributed by atoms with E-state index in [1.54, 1.807) is 12.1 Å². The maximum Gasteiger partial charge on any atom is 0.298 e. The van der Waals surface area contributed by atoms with Crippen molar-refractivity contribution in [2.24, 2.45) is 0 Å². The molecule has 0 radical (unpaired) electrons. The van der Waals surface area contributed by atoms with Crippen LogP contribution < -0.4 is 4.90 Å². The van der Waals surface area contributed by atoms with Crippen LogP contribution in [0.15, 0.2) is 22.6 Å². The molecule has 16 heavy (non-hydrogen) atoms. The molecule has 2 aromatic rings. The largest absolute Gasteiger partial charge is 0.423 e. The van der Waals surface area contributed by atoms with E-state index in [1.165, 1.54) is 6.07 Å². The second-order valence-corrected chi connectivity index (χ2v) is 3.97. The van der Waals surface area contributed by atoms with E-state index in [2.05, 4.69) is 4.98 Å². The van der Waals surface area contributed by atoms with E-state index in [4.69, 9.17) is 4.42 Å². The minimum Gasteiger partial charge on any atom is -0.423 e. The minimum atomic E-state index is -0.382. The Bertz CT molecular complexity index is 526. The number of rotatable bonds is 1. The number of β-amino-alcohol motifs (C(OH)–C–C–N with tert-alkyl or cyclic N) is 1. The van der Waals surface area contributed by atoms with Crippen molar-refractivity contribution in [2.45, 2.75) is 12.5 Å². The predicted octanol–water partition coefficient (Wildman–Crippen LogP) is 1.54. The molecule has 1 N–H and O–H groups in total. The predicted molar refractivity (Wildman–Crippen MR) is 56.8 cm³/mol. The third-order valence-corrected chi connectivity index (χ3v) is 2.79. The number of hydrogen-bond donors (Lipinski definition) is 1. The number of nitrogens with zero attached hydrogens (tertiary/aromatic N) is 2. The summed E-state index contributed by atoms with van der Waals surface area (Å²) in [6.45, 7) is 1.18. The third-order valence-electron chi connectivity index (χ3n) is 2.79. The van der Waals surface area contributed by atoms with Crippen molar-refractivity contribution in [3.8, 4) is 0 Å². The molecular formula is C11H11FN2O2. The van der Waals surface area contributed by atoms with E-state index in [0.29, 0.717) is 31.1 Å². The Balaban J connectivity index is 2.02. The Hall–Kier alpha value is -1.62. The molecule has 1 aliphatic heterocycles. The van der Waals surface area contributed by atoms with Gasteiger partial charge in [-0.05, 0) is 18.6 Å². The average molecular weight is 222 g/mol. The van der Waals surface area contributed by atoms with Crippen molar-refractivity contribution in [2.75, 3.05) is 18.0 Å². The maximum absolute atomic E-state index is 13.4. The van der Waals surface area contributed by atoms with Gasteiger partial charge < -0.3 is 14.4 Å². The zero-order valence-corrected chi connectivity index (χ0v) is 8.56. The molecule has 0 aliphatic carbocycles. The molecule has 1 fully saturated rings. The Kier molecular flexibility index (Phi) is 2.07. The molecule has 0 unspecified atom stereocenters. The highest BCUT2D eigenvalue weighted by Crippen LogP contribution is 2.26. The van der Waals surface area contributed by atoms with E-state index in [-0.39, 0.29) is 17.4 Å². The van der Waals surface area contributed by atoms with Crippen molar-refractivity contribution in [1.82, 2.24) is 4.98 Å². The smallest absolute Gasteiger partial charge is 0.298 e. The molecule has 1 aliphatic rings. The summed E-state index contributed by atoms with van der Waals surface area (Å²) in [7, 11) is 0. The first kappa shape index (κ1) is 9.59. The van der Waals surface area contributed by atoms with Crippen molar-refractivity contribution >= 4 is 17.1 Å². The second-order valence-electron chi connectivity index (χ2n) is 3.97. The van der Waals surface area contributed by atoms with Gasteiger partial charge in [0.1, 0.15) is 5.52 Å². The van der Waals surface area contributed by atoms with Gasteiger partial charge in [-0.3, -0.25) is 0 Å². The van der Waals surface area contributed by atoms with E-state index in [9.17, 15) is 9.50 Å². The summed E-state index contributed by atoms with van der Waals surface area (Å²) in [5.41, 5.74) is 0.690. The van der Waals surface area contributed by atoms with Crippen LogP contribution in [0.2, 0.25) is 0 Å². The molecule has 84 valence electrons. The lowest BCUT2D eigenvalue weighted by Gasteiger charge is -2.10. The molecule has 1 aromatic heterocycles. The van der Waals surface area contributed by atoms with Gasteiger partial charge in [0.05, 0.1) is 6.10 Å². The van der Waals surface area contributed by atoms with E-state index < -0.39 is 0 Å². The quantitative estimate of drug-likeness (QED) is 0.795. The fourth-order valence-electron chi connectivity index (χ4n) is 1.95. The molecule has 0 spiro atoms. The normalized spacial score (nSPS) is 20.9. The van der Waals surface area contributed by atoms with Crippen molar-refractivity contribution < 1.29 is 13.9 Å². The Morgan fingerprint density at radius 1 is 1.50 bits per heavy atom. The highest BCUT2D eigenvalue weighted by atomic mass is 19.1. The molecule has 1 saturated heterocycles. The second kappa shape index (κ2) is 3.45. The van der Waals surface area contributed by atoms with Crippen LogP contribution in [0, 0.1) is 5.82 Å². The van der Waals surface area contributed by atoms with Crippen LogP contribution in [0.25, 0.3) is 11.1 Å². The summed E-state index contributed by atoms with van der Waals surface area (Å²) in [4.78, 5) is 5.93. The van der Waals surface area contributed by atoms with Gasteiger partial charge in [0, 0.05) is 13.1 Å². The molecule has 0 amide bonds. The standard InChI is InChI=1S/C11H11FN2O2/c12-8-2-1-3-9-10(8)13-11(16-9)14-5-4-7(15)6-14/h1-3,7,15H,4-6H2/t7-/m1/s1. The summed E-state index contributed by atoms with van der Waals surface area (Å²) in [6, 6.07) is 5.01. The third kappa shape index (κ3) is 1.44. The van der Waals surface area contributed by atoms with Crippen LogP contribution in [0.5, 0.6) is 0 Å². The molecule has 5 heteroatoms. The molecule has 0 saturated carbocycles. The molecule has 0 bridgehead atoms. The summed E-state index contributed by atoms with van der Waals surface area (Å²) >= 11 is 0. The van der Waals surface area contributed by atoms with Crippen molar-refractivity contribution in [1.29, 1.82) is 0 Å². The summed E-state index contributed by atoms with van der Waals surface area (Å²) in [6.07, 6.45) is 0.348. The van der Waals surface area contributed by atoms with Gasteiger partial charge in [-0.25, -0.2) is 4.39 Å². The monoisotopic (exact) mass is 222 g/mol. The molecule has 1 atom stereocenters. The van der Waals surface area contributed by atoms with Crippen LogP contribution in [0.3, 0.4) is 0 Å². The van der Waals surface area contributed by atoms with Crippen LogP contribution in [0.4, 0.5) is 10.4 Å². The number of anilines is 1. The van der Waals surface area contributed by atoms with Gasteiger partial charge >= 0.3 is 0 Å². The Morgan fingerprint density at radius 3 is 3.06 bits per heavy atom.